The van der Waals surface area contributed by atoms with Crippen LogP contribution < -0.4 is 11.1 Å². The first-order chi connectivity index (χ1) is 8.66. The maximum absolute atomic E-state index is 12.1. The Morgan fingerprint density at radius 2 is 2.00 bits per heavy atom. The van der Waals surface area contributed by atoms with Crippen LogP contribution in [-0.2, 0) is 4.79 Å². The molecule has 0 aliphatic heterocycles. The van der Waals surface area contributed by atoms with Gasteiger partial charge >= 0.3 is 0 Å². The fourth-order valence-corrected chi connectivity index (χ4v) is 2.37. The van der Waals surface area contributed by atoms with Crippen LogP contribution in [0.4, 0.5) is 0 Å². The number of rotatable bonds is 3. The molecule has 2 rings (SSSR count). The third-order valence-corrected chi connectivity index (χ3v) is 3.70. The van der Waals surface area contributed by atoms with Crippen LogP contribution in [0.25, 0.3) is 0 Å². The molecular weight excluding hydrogens is 297 g/mol. The standard InChI is InChI=1S/C14H21N3O.2ClH/c1-10(11-3-2-8-16-9-11)14(18)17-13-6-4-12(15)5-7-13;;/h2-3,8-10,12-13H,4-7,15H2,1H3,(H,17,18);2*1H. The molecule has 3 N–H and O–H groups in total. The minimum absolute atomic E-state index is 0. The molecule has 1 aromatic rings. The van der Waals surface area contributed by atoms with E-state index in [1.54, 1.807) is 12.4 Å². The van der Waals surface area contributed by atoms with Gasteiger partial charge in [0.2, 0.25) is 5.91 Å². The van der Waals surface area contributed by atoms with Gasteiger partial charge in [0, 0.05) is 24.5 Å². The van der Waals surface area contributed by atoms with Crippen molar-refractivity contribution < 1.29 is 4.79 Å². The van der Waals surface area contributed by atoms with Gasteiger partial charge in [0.1, 0.15) is 0 Å². The van der Waals surface area contributed by atoms with E-state index in [4.69, 9.17) is 5.73 Å². The lowest BCUT2D eigenvalue weighted by Gasteiger charge is -2.27. The third kappa shape index (κ3) is 5.27. The van der Waals surface area contributed by atoms with Gasteiger partial charge < -0.3 is 11.1 Å². The molecule has 0 aromatic carbocycles. The normalized spacial score (nSPS) is 22.9. The number of pyridine rings is 1. The van der Waals surface area contributed by atoms with Crippen LogP contribution in [0.1, 0.15) is 44.1 Å². The maximum Gasteiger partial charge on any atom is 0.227 e. The highest BCUT2D eigenvalue weighted by Crippen LogP contribution is 2.19. The number of carbonyl (C=O) groups excluding carboxylic acids is 1. The molecule has 1 aromatic heterocycles. The van der Waals surface area contributed by atoms with Crippen LogP contribution in [0, 0.1) is 0 Å². The molecule has 1 heterocycles. The van der Waals surface area contributed by atoms with E-state index in [0.717, 1.165) is 31.2 Å². The molecule has 1 unspecified atom stereocenters. The molecule has 1 aliphatic carbocycles. The van der Waals surface area contributed by atoms with Crippen molar-refractivity contribution >= 4 is 30.7 Å². The van der Waals surface area contributed by atoms with Crippen LogP contribution in [0.3, 0.4) is 0 Å². The minimum atomic E-state index is -0.144. The Labute approximate surface area is 132 Å². The number of hydrogen-bond donors (Lipinski definition) is 2. The molecule has 0 radical (unpaired) electrons. The zero-order chi connectivity index (χ0) is 13.0. The summed E-state index contributed by atoms with van der Waals surface area (Å²) in [6.07, 6.45) is 7.47. The molecule has 1 amide bonds. The molecule has 4 nitrogen and oxygen atoms in total. The highest BCUT2D eigenvalue weighted by molar-refractivity contribution is 5.85. The second-order valence-electron chi connectivity index (χ2n) is 5.13. The summed E-state index contributed by atoms with van der Waals surface area (Å²) in [4.78, 5) is 16.2. The highest BCUT2D eigenvalue weighted by Gasteiger charge is 2.22. The van der Waals surface area contributed by atoms with Crippen molar-refractivity contribution in [1.82, 2.24) is 10.3 Å². The zero-order valence-corrected chi connectivity index (χ0v) is 13.3. The van der Waals surface area contributed by atoms with E-state index < -0.39 is 0 Å². The fourth-order valence-electron chi connectivity index (χ4n) is 2.37. The summed E-state index contributed by atoms with van der Waals surface area (Å²) in [5.41, 5.74) is 6.82. The van der Waals surface area contributed by atoms with Gasteiger partial charge in [0.05, 0.1) is 5.92 Å². The largest absolute Gasteiger partial charge is 0.353 e. The molecule has 20 heavy (non-hydrogen) atoms. The van der Waals surface area contributed by atoms with E-state index in [1.807, 2.05) is 19.1 Å². The predicted octanol–water partition coefficient (Wildman–Crippen LogP) is 2.41. The van der Waals surface area contributed by atoms with Crippen molar-refractivity contribution in [2.24, 2.45) is 5.73 Å². The smallest absolute Gasteiger partial charge is 0.227 e. The van der Waals surface area contributed by atoms with Crippen LogP contribution in [-0.4, -0.2) is 23.0 Å². The van der Waals surface area contributed by atoms with Gasteiger partial charge in [-0.1, -0.05) is 6.07 Å². The fraction of sp³-hybridized carbons (Fsp3) is 0.571. The van der Waals surface area contributed by atoms with Gasteiger partial charge in [0.15, 0.2) is 0 Å². The van der Waals surface area contributed by atoms with Gasteiger partial charge in [-0.05, 0) is 44.2 Å². The zero-order valence-electron chi connectivity index (χ0n) is 11.6. The van der Waals surface area contributed by atoms with Crippen molar-refractivity contribution in [1.29, 1.82) is 0 Å². The maximum atomic E-state index is 12.1. The monoisotopic (exact) mass is 319 g/mol. The van der Waals surface area contributed by atoms with Crippen LogP contribution >= 0.6 is 24.8 Å². The lowest BCUT2D eigenvalue weighted by atomic mass is 9.91. The second-order valence-corrected chi connectivity index (χ2v) is 5.13. The Hall–Kier alpha value is -0.840. The van der Waals surface area contributed by atoms with Gasteiger partial charge in [0.25, 0.3) is 0 Å². The molecule has 0 saturated heterocycles. The Balaban J connectivity index is 0.00000180. The Kier molecular flexibility index (Phi) is 8.78. The summed E-state index contributed by atoms with van der Waals surface area (Å²) in [6.45, 7) is 1.92. The Bertz CT molecular complexity index is 395. The summed E-state index contributed by atoms with van der Waals surface area (Å²) in [5.74, 6) is -0.0576. The van der Waals surface area contributed by atoms with Crippen molar-refractivity contribution in [2.75, 3.05) is 0 Å². The van der Waals surface area contributed by atoms with E-state index in [2.05, 4.69) is 10.3 Å². The summed E-state index contributed by atoms with van der Waals surface area (Å²) >= 11 is 0. The molecule has 6 heteroatoms. The van der Waals surface area contributed by atoms with Crippen molar-refractivity contribution in [3.63, 3.8) is 0 Å². The van der Waals surface area contributed by atoms with Crippen LogP contribution in [0.2, 0.25) is 0 Å². The third-order valence-electron chi connectivity index (χ3n) is 3.70. The van der Waals surface area contributed by atoms with Crippen LogP contribution in [0.15, 0.2) is 24.5 Å². The number of halogens is 2. The molecule has 1 saturated carbocycles. The Morgan fingerprint density at radius 3 is 2.55 bits per heavy atom. The molecule has 1 fully saturated rings. The second kappa shape index (κ2) is 9.16. The number of carbonyl (C=O) groups is 1. The average molecular weight is 320 g/mol. The molecular formula is C14H23Cl2N3O. The van der Waals surface area contributed by atoms with E-state index in [9.17, 15) is 4.79 Å². The number of nitrogens with two attached hydrogens (primary N) is 1. The van der Waals surface area contributed by atoms with Crippen molar-refractivity contribution in [3.05, 3.63) is 30.1 Å². The SMILES string of the molecule is CC(C(=O)NC1CCC(N)CC1)c1cccnc1.Cl.Cl. The molecule has 0 spiro atoms. The van der Waals surface area contributed by atoms with E-state index in [-0.39, 0.29) is 42.7 Å². The molecule has 1 aliphatic rings. The summed E-state index contributed by atoms with van der Waals surface area (Å²) < 4.78 is 0. The first kappa shape index (κ1) is 19.2. The van der Waals surface area contributed by atoms with Crippen LogP contribution in [0.5, 0.6) is 0 Å². The number of hydrogen-bond acceptors (Lipinski definition) is 3. The number of nitrogens with zero attached hydrogens (tertiary/aromatic N) is 1. The van der Waals surface area contributed by atoms with E-state index in [0.29, 0.717) is 6.04 Å². The number of amides is 1. The average Bonchev–Trinajstić information content (AvgIpc) is 2.41. The number of nitrogens with one attached hydrogen (secondary N) is 1. The molecule has 114 valence electrons. The van der Waals surface area contributed by atoms with E-state index in [1.165, 1.54) is 0 Å². The predicted molar refractivity (Wildman–Crippen MR) is 85.5 cm³/mol. The topological polar surface area (TPSA) is 68.0 Å². The van der Waals surface area contributed by atoms with E-state index >= 15 is 0 Å². The van der Waals surface area contributed by atoms with Gasteiger partial charge in [-0.3, -0.25) is 9.78 Å². The summed E-state index contributed by atoms with van der Waals surface area (Å²) in [5, 5.41) is 3.12. The lowest BCUT2D eigenvalue weighted by molar-refractivity contribution is -0.123. The highest BCUT2D eigenvalue weighted by atomic mass is 35.5. The lowest BCUT2D eigenvalue weighted by Crippen LogP contribution is -2.42. The number of aromatic nitrogens is 1. The van der Waals surface area contributed by atoms with Gasteiger partial charge in [-0.25, -0.2) is 0 Å². The van der Waals surface area contributed by atoms with Crippen molar-refractivity contribution in [3.8, 4) is 0 Å². The first-order valence-electron chi connectivity index (χ1n) is 6.62. The minimum Gasteiger partial charge on any atom is -0.353 e. The van der Waals surface area contributed by atoms with Gasteiger partial charge in [-0.2, -0.15) is 0 Å². The van der Waals surface area contributed by atoms with Crippen molar-refractivity contribution in [2.45, 2.75) is 50.6 Å². The quantitative estimate of drug-likeness (QED) is 0.899. The summed E-state index contributed by atoms with van der Waals surface area (Å²) in [7, 11) is 0. The summed E-state index contributed by atoms with van der Waals surface area (Å²) in [6, 6.07) is 4.40. The first-order valence-corrected chi connectivity index (χ1v) is 6.62. The Morgan fingerprint density at radius 1 is 1.35 bits per heavy atom. The molecule has 0 bridgehead atoms. The molecule has 1 atom stereocenters. The van der Waals surface area contributed by atoms with Gasteiger partial charge in [-0.15, -0.1) is 24.8 Å².